The highest BCUT2D eigenvalue weighted by atomic mass is 35.5. The number of carbonyl (C=O) groups excluding carboxylic acids is 2. The van der Waals surface area contributed by atoms with Gasteiger partial charge in [0, 0.05) is 19.2 Å². The van der Waals surface area contributed by atoms with E-state index in [9.17, 15) is 28.3 Å². The Labute approximate surface area is 196 Å². The number of pyridine rings is 1. The van der Waals surface area contributed by atoms with Gasteiger partial charge in [0.25, 0.3) is 17.7 Å². The Morgan fingerprint density at radius 1 is 1.24 bits per heavy atom. The number of carbonyl (C=O) groups is 3. The molecule has 0 aliphatic carbocycles. The molecule has 2 aromatic rings. The van der Waals surface area contributed by atoms with Gasteiger partial charge in [-0.25, -0.2) is 13.8 Å². The average Bonchev–Trinajstić information content (AvgIpc) is 3.06. The van der Waals surface area contributed by atoms with Crippen molar-refractivity contribution in [1.29, 1.82) is 0 Å². The number of primary amides is 1. The number of amides is 2. The lowest BCUT2D eigenvalue weighted by Gasteiger charge is -2.40. The van der Waals surface area contributed by atoms with E-state index in [-0.39, 0.29) is 28.0 Å². The maximum atomic E-state index is 14.4. The SMILES string of the molecule is NC(=O)[C@](C(=O)NCc1ccc(N)nc1)(c1ccc(Cl)c(Cl)c1)N1CC(F)(F)C[C@@H]1C(=O)O. The molecule has 2 heterocycles. The topological polar surface area (TPSA) is 152 Å². The van der Waals surface area contributed by atoms with Crippen molar-refractivity contribution < 1.29 is 28.3 Å². The molecule has 0 saturated carbocycles. The minimum absolute atomic E-state index is 0.0636. The Morgan fingerprint density at radius 3 is 2.48 bits per heavy atom. The number of aromatic nitrogens is 1. The van der Waals surface area contributed by atoms with Crippen molar-refractivity contribution in [2.45, 2.75) is 30.5 Å². The third kappa shape index (κ3) is 4.70. The van der Waals surface area contributed by atoms with Crippen LogP contribution < -0.4 is 16.8 Å². The summed E-state index contributed by atoms with van der Waals surface area (Å²) < 4.78 is 28.7. The minimum atomic E-state index is -3.50. The molecule has 1 aromatic carbocycles. The van der Waals surface area contributed by atoms with E-state index in [1.807, 2.05) is 0 Å². The van der Waals surface area contributed by atoms with Crippen molar-refractivity contribution in [2.75, 3.05) is 12.3 Å². The summed E-state index contributed by atoms with van der Waals surface area (Å²) in [6.45, 7) is -1.38. The Balaban J connectivity index is 2.14. The van der Waals surface area contributed by atoms with Gasteiger partial charge < -0.3 is 21.9 Å². The molecule has 13 heteroatoms. The van der Waals surface area contributed by atoms with Crippen LogP contribution in [0.25, 0.3) is 0 Å². The number of nitrogens with zero attached hydrogens (tertiary/aromatic N) is 2. The number of nitrogens with two attached hydrogens (primary N) is 2. The van der Waals surface area contributed by atoms with Gasteiger partial charge in [0.1, 0.15) is 11.9 Å². The fourth-order valence-electron chi connectivity index (χ4n) is 3.78. The molecule has 0 radical (unpaired) electrons. The van der Waals surface area contributed by atoms with Crippen molar-refractivity contribution in [1.82, 2.24) is 15.2 Å². The van der Waals surface area contributed by atoms with E-state index >= 15 is 0 Å². The molecule has 1 aliphatic heterocycles. The lowest BCUT2D eigenvalue weighted by atomic mass is 9.85. The lowest BCUT2D eigenvalue weighted by Crippen LogP contribution is -2.65. The third-order valence-electron chi connectivity index (χ3n) is 5.31. The fraction of sp³-hybridized carbons (Fsp3) is 0.300. The highest BCUT2D eigenvalue weighted by Gasteiger charge is 2.62. The van der Waals surface area contributed by atoms with Crippen LogP contribution in [-0.4, -0.2) is 51.3 Å². The smallest absolute Gasteiger partial charge is 0.321 e. The van der Waals surface area contributed by atoms with Crippen molar-refractivity contribution in [3.8, 4) is 0 Å². The number of likely N-dealkylation sites (tertiary alicyclic amines) is 1. The molecule has 0 unspecified atom stereocenters. The number of nitrogens with one attached hydrogen (secondary N) is 1. The van der Waals surface area contributed by atoms with Crippen LogP contribution >= 0.6 is 23.2 Å². The highest BCUT2D eigenvalue weighted by molar-refractivity contribution is 6.42. The molecular weight excluding hydrogens is 483 g/mol. The van der Waals surface area contributed by atoms with Crippen LogP contribution in [-0.2, 0) is 26.5 Å². The summed E-state index contributed by atoms with van der Waals surface area (Å²) in [4.78, 5) is 42.7. The van der Waals surface area contributed by atoms with Gasteiger partial charge in [0.05, 0.1) is 16.6 Å². The van der Waals surface area contributed by atoms with Crippen LogP contribution in [0, 0.1) is 0 Å². The number of alkyl halides is 2. The second-order valence-corrected chi connectivity index (χ2v) is 8.33. The summed E-state index contributed by atoms with van der Waals surface area (Å²) >= 11 is 12.0. The molecule has 6 N–H and O–H groups in total. The molecule has 0 spiro atoms. The molecule has 2 amide bonds. The molecule has 1 aromatic heterocycles. The van der Waals surface area contributed by atoms with E-state index < -0.39 is 48.3 Å². The molecule has 33 heavy (non-hydrogen) atoms. The van der Waals surface area contributed by atoms with E-state index in [2.05, 4.69) is 10.3 Å². The number of rotatable bonds is 7. The van der Waals surface area contributed by atoms with Crippen LogP contribution in [0.3, 0.4) is 0 Å². The number of hydrogen-bond donors (Lipinski definition) is 4. The van der Waals surface area contributed by atoms with Crippen LogP contribution in [0.4, 0.5) is 14.6 Å². The number of carboxylic acid groups (broad SMARTS) is 1. The lowest BCUT2D eigenvalue weighted by molar-refractivity contribution is -0.153. The summed E-state index contributed by atoms with van der Waals surface area (Å²) in [6, 6.07) is 4.72. The predicted octanol–water partition coefficient (Wildman–Crippen LogP) is 1.76. The summed E-state index contributed by atoms with van der Waals surface area (Å²) in [5, 5.41) is 12.0. The number of halogens is 4. The Hall–Kier alpha value is -3.02. The standard InChI is InChI=1S/C20H19Cl2F2N5O4/c21-12-3-2-11(5-13(12)22)20(17(26)32,29-9-19(23,24)6-14(29)16(30)31)18(33)28-8-10-1-4-15(25)27-7-10/h1-5,7,14H,6,8-9H2,(H2,25,27)(H2,26,32)(H,28,33)(H,30,31)/t14-,20+/m1/s1. The second kappa shape index (κ2) is 9.08. The maximum Gasteiger partial charge on any atom is 0.321 e. The zero-order valence-corrected chi connectivity index (χ0v) is 18.4. The van der Waals surface area contributed by atoms with Crippen LogP contribution in [0.15, 0.2) is 36.5 Å². The van der Waals surface area contributed by atoms with Gasteiger partial charge in [-0.3, -0.25) is 19.3 Å². The molecule has 9 nitrogen and oxygen atoms in total. The second-order valence-electron chi connectivity index (χ2n) is 7.52. The Bertz CT molecular complexity index is 1100. The van der Waals surface area contributed by atoms with Crippen LogP contribution in [0.2, 0.25) is 10.0 Å². The van der Waals surface area contributed by atoms with Gasteiger partial charge in [-0.05, 0) is 29.3 Å². The van der Waals surface area contributed by atoms with Gasteiger partial charge in [-0.2, -0.15) is 0 Å². The Kier molecular flexibility index (Phi) is 6.78. The fourth-order valence-corrected chi connectivity index (χ4v) is 4.08. The van der Waals surface area contributed by atoms with E-state index in [0.717, 1.165) is 6.07 Å². The maximum absolute atomic E-state index is 14.4. The summed E-state index contributed by atoms with van der Waals surface area (Å²) in [5.41, 5.74) is 8.80. The number of aliphatic carboxylic acids is 1. The number of nitrogen functional groups attached to an aromatic ring is 1. The quantitative estimate of drug-likeness (QED) is 0.421. The molecule has 2 atom stereocenters. The van der Waals surface area contributed by atoms with Crippen LogP contribution in [0.1, 0.15) is 17.5 Å². The van der Waals surface area contributed by atoms with Gasteiger partial charge >= 0.3 is 5.97 Å². The average molecular weight is 502 g/mol. The van der Waals surface area contributed by atoms with Gasteiger partial charge in [0.15, 0.2) is 0 Å². The minimum Gasteiger partial charge on any atom is -0.480 e. The van der Waals surface area contributed by atoms with Crippen molar-refractivity contribution in [3.63, 3.8) is 0 Å². The van der Waals surface area contributed by atoms with Crippen molar-refractivity contribution >= 4 is 46.8 Å². The first-order valence-corrected chi connectivity index (χ1v) is 10.3. The number of carboxylic acids is 1. The predicted molar refractivity (Wildman–Crippen MR) is 116 cm³/mol. The first kappa shape index (κ1) is 24.6. The van der Waals surface area contributed by atoms with E-state index in [1.54, 1.807) is 6.07 Å². The van der Waals surface area contributed by atoms with E-state index in [0.29, 0.717) is 10.5 Å². The highest BCUT2D eigenvalue weighted by Crippen LogP contribution is 2.42. The first-order chi connectivity index (χ1) is 15.4. The number of hydrogen-bond acceptors (Lipinski definition) is 6. The molecule has 1 saturated heterocycles. The molecule has 3 rings (SSSR count). The van der Waals surface area contributed by atoms with E-state index in [4.69, 9.17) is 34.7 Å². The van der Waals surface area contributed by atoms with Crippen LogP contribution in [0.5, 0.6) is 0 Å². The molecular formula is C20H19Cl2F2N5O4. The normalized spacial score (nSPS) is 19.6. The molecule has 176 valence electrons. The van der Waals surface area contributed by atoms with Crippen molar-refractivity contribution in [2.24, 2.45) is 5.73 Å². The van der Waals surface area contributed by atoms with Gasteiger partial charge in [-0.15, -0.1) is 0 Å². The zero-order chi connectivity index (χ0) is 24.6. The monoisotopic (exact) mass is 501 g/mol. The molecule has 0 bridgehead atoms. The summed E-state index contributed by atoms with van der Waals surface area (Å²) in [6.07, 6.45) is 0.249. The summed E-state index contributed by atoms with van der Waals surface area (Å²) in [7, 11) is 0. The molecule has 1 fully saturated rings. The zero-order valence-electron chi connectivity index (χ0n) is 16.9. The largest absolute Gasteiger partial charge is 0.480 e. The van der Waals surface area contributed by atoms with Gasteiger partial charge in [0.2, 0.25) is 5.54 Å². The number of anilines is 1. The first-order valence-electron chi connectivity index (χ1n) is 9.50. The molecule has 1 aliphatic rings. The third-order valence-corrected chi connectivity index (χ3v) is 6.05. The Morgan fingerprint density at radius 2 is 1.94 bits per heavy atom. The van der Waals surface area contributed by atoms with Crippen molar-refractivity contribution in [3.05, 3.63) is 57.7 Å². The number of benzene rings is 1. The van der Waals surface area contributed by atoms with E-state index in [1.165, 1.54) is 24.4 Å². The van der Waals surface area contributed by atoms with Gasteiger partial charge in [-0.1, -0.05) is 35.3 Å². The summed E-state index contributed by atoms with van der Waals surface area (Å²) in [5.74, 6) is -7.39.